The van der Waals surface area contributed by atoms with Crippen molar-refractivity contribution in [2.24, 2.45) is 0 Å². The maximum absolute atomic E-state index is 5.49. The topological polar surface area (TPSA) is 40.2 Å². The third kappa shape index (κ3) is 8.51. The van der Waals surface area contributed by atoms with E-state index < -0.39 is 0 Å². The Balaban J connectivity index is 4.20. The maximum Gasteiger partial charge on any atom is 0.0644 e. The Bertz CT molecular complexity index is 149. The van der Waals surface area contributed by atoms with Crippen LogP contribution >= 0.6 is 0 Å². The molecule has 1 unspecified atom stereocenters. The third-order valence-corrected chi connectivity index (χ3v) is 2.56. The molecule has 0 aromatic carbocycles. The predicted molar refractivity (Wildman–Crippen MR) is 67.5 cm³/mol. The van der Waals surface area contributed by atoms with Crippen LogP contribution in [0.25, 0.3) is 0 Å². The van der Waals surface area contributed by atoms with Crippen molar-refractivity contribution in [1.29, 1.82) is 0 Å². The summed E-state index contributed by atoms with van der Waals surface area (Å²) in [5, 5.41) is 0. The molecule has 5 heteroatoms. The van der Waals surface area contributed by atoms with Crippen LogP contribution in [0.3, 0.4) is 0 Å². The Labute approximate surface area is 105 Å². The zero-order valence-corrected chi connectivity index (χ0v) is 11.6. The largest absolute Gasteiger partial charge is 0.383 e. The Hall–Kier alpha value is -0.200. The quantitative estimate of drug-likeness (QED) is 0.507. The minimum atomic E-state index is 0.255. The van der Waals surface area contributed by atoms with E-state index in [-0.39, 0.29) is 6.04 Å². The van der Waals surface area contributed by atoms with E-state index >= 15 is 0 Å². The average molecular weight is 249 g/mol. The van der Waals surface area contributed by atoms with Crippen molar-refractivity contribution < 1.29 is 18.9 Å². The molecule has 1 atom stereocenters. The lowest BCUT2D eigenvalue weighted by Crippen LogP contribution is -2.45. The molecule has 0 bridgehead atoms. The highest BCUT2D eigenvalue weighted by Crippen LogP contribution is 2.02. The first kappa shape index (κ1) is 16.8. The van der Waals surface area contributed by atoms with Gasteiger partial charge < -0.3 is 18.9 Å². The van der Waals surface area contributed by atoms with E-state index in [0.717, 1.165) is 19.7 Å². The fourth-order valence-corrected chi connectivity index (χ4v) is 1.60. The summed E-state index contributed by atoms with van der Waals surface area (Å²) >= 11 is 0. The van der Waals surface area contributed by atoms with Crippen LogP contribution in [-0.2, 0) is 18.9 Å². The lowest BCUT2D eigenvalue weighted by molar-refractivity contribution is 0.00285. The Morgan fingerprint density at radius 1 is 0.882 bits per heavy atom. The Morgan fingerprint density at radius 2 is 1.47 bits per heavy atom. The van der Waals surface area contributed by atoms with Crippen molar-refractivity contribution in [2.75, 3.05) is 67.5 Å². The van der Waals surface area contributed by atoms with E-state index in [9.17, 15) is 0 Å². The van der Waals surface area contributed by atoms with Crippen LogP contribution in [0.2, 0.25) is 0 Å². The second-order valence-electron chi connectivity index (χ2n) is 3.79. The molecular formula is C12H27NO4. The molecule has 0 saturated heterocycles. The lowest BCUT2D eigenvalue weighted by atomic mass is 10.2. The SMILES string of the molecule is CCOCC(COC)N(CCOC)CCOC. The van der Waals surface area contributed by atoms with Gasteiger partial charge in [-0.3, -0.25) is 4.90 Å². The van der Waals surface area contributed by atoms with Crippen molar-refractivity contribution in [2.45, 2.75) is 13.0 Å². The number of ether oxygens (including phenoxy) is 4. The van der Waals surface area contributed by atoms with Crippen molar-refractivity contribution >= 4 is 0 Å². The minimum Gasteiger partial charge on any atom is -0.383 e. The summed E-state index contributed by atoms with van der Waals surface area (Å²) in [5.74, 6) is 0. The van der Waals surface area contributed by atoms with Crippen LogP contribution in [0.4, 0.5) is 0 Å². The highest BCUT2D eigenvalue weighted by Gasteiger charge is 2.18. The van der Waals surface area contributed by atoms with Gasteiger partial charge in [-0.2, -0.15) is 0 Å². The van der Waals surface area contributed by atoms with Gasteiger partial charge in [0.25, 0.3) is 0 Å². The van der Waals surface area contributed by atoms with E-state index in [1.165, 1.54) is 0 Å². The summed E-state index contributed by atoms with van der Waals surface area (Å²) in [6, 6.07) is 0.255. The van der Waals surface area contributed by atoms with Crippen molar-refractivity contribution in [3.63, 3.8) is 0 Å². The third-order valence-electron chi connectivity index (χ3n) is 2.56. The van der Waals surface area contributed by atoms with Gasteiger partial charge in [0.15, 0.2) is 0 Å². The normalized spacial score (nSPS) is 13.2. The fraction of sp³-hybridized carbons (Fsp3) is 1.00. The zero-order chi connectivity index (χ0) is 12.9. The van der Waals surface area contributed by atoms with Gasteiger partial charge in [-0.25, -0.2) is 0 Å². The molecular weight excluding hydrogens is 222 g/mol. The smallest absolute Gasteiger partial charge is 0.0644 e. The summed E-state index contributed by atoms with van der Waals surface area (Å²) < 4.78 is 21.0. The molecule has 17 heavy (non-hydrogen) atoms. The molecule has 0 rings (SSSR count). The first-order valence-corrected chi connectivity index (χ1v) is 6.08. The molecule has 0 spiro atoms. The van der Waals surface area contributed by atoms with Gasteiger partial charge in [0.05, 0.1) is 32.5 Å². The second kappa shape index (κ2) is 12.3. The van der Waals surface area contributed by atoms with Crippen molar-refractivity contribution in [1.82, 2.24) is 4.90 Å². The highest BCUT2D eigenvalue weighted by molar-refractivity contribution is 4.71. The first-order valence-electron chi connectivity index (χ1n) is 6.08. The molecule has 104 valence electrons. The van der Waals surface area contributed by atoms with Crippen LogP contribution < -0.4 is 0 Å². The van der Waals surface area contributed by atoms with Crippen LogP contribution in [0.1, 0.15) is 6.92 Å². The molecule has 0 aromatic heterocycles. The zero-order valence-electron chi connectivity index (χ0n) is 11.6. The molecule has 0 radical (unpaired) electrons. The summed E-state index contributed by atoms with van der Waals surface area (Å²) in [4.78, 5) is 2.28. The van der Waals surface area contributed by atoms with Gasteiger partial charge in [0.1, 0.15) is 0 Å². The van der Waals surface area contributed by atoms with E-state index in [1.54, 1.807) is 21.3 Å². The minimum absolute atomic E-state index is 0.255. The molecule has 0 aliphatic heterocycles. The van der Waals surface area contributed by atoms with E-state index in [1.807, 2.05) is 6.92 Å². The number of nitrogens with zero attached hydrogens (tertiary/aromatic N) is 1. The Morgan fingerprint density at radius 3 is 1.88 bits per heavy atom. The summed E-state index contributed by atoms with van der Waals surface area (Å²) in [6.07, 6.45) is 0. The molecule has 0 saturated carbocycles. The lowest BCUT2D eigenvalue weighted by Gasteiger charge is -2.30. The van der Waals surface area contributed by atoms with Gasteiger partial charge in [0, 0.05) is 41.0 Å². The van der Waals surface area contributed by atoms with Crippen LogP contribution in [0, 0.1) is 0 Å². The van der Waals surface area contributed by atoms with Gasteiger partial charge in [-0.1, -0.05) is 0 Å². The van der Waals surface area contributed by atoms with Gasteiger partial charge in [-0.15, -0.1) is 0 Å². The Kier molecular flexibility index (Phi) is 12.1. The molecule has 0 heterocycles. The summed E-state index contributed by atoms with van der Waals surface area (Å²) in [7, 11) is 5.13. The standard InChI is InChI=1S/C12H27NO4/c1-5-17-11-12(10-16-4)13(6-8-14-2)7-9-15-3/h12H,5-11H2,1-4H3. The van der Waals surface area contributed by atoms with Crippen LogP contribution in [0.5, 0.6) is 0 Å². The molecule has 0 amide bonds. The van der Waals surface area contributed by atoms with E-state index in [0.29, 0.717) is 26.4 Å². The maximum atomic E-state index is 5.49. The first-order chi connectivity index (χ1) is 8.29. The number of hydrogen-bond donors (Lipinski definition) is 0. The molecule has 0 aliphatic rings. The van der Waals surface area contributed by atoms with E-state index in [2.05, 4.69) is 4.90 Å². The predicted octanol–water partition coefficient (Wildman–Crippen LogP) is 0.633. The monoisotopic (exact) mass is 249 g/mol. The van der Waals surface area contributed by atoms with Crippen molar-refractivity contribution in [3.05, 3.63) is 0 Å². The van der Waals surface area contributed by atoms with Gasteiger partial charge >= 0.3 is 0 Å². The summed E-state index contributed by atoms with van der Waals surface area (Å²) in [6.45, 7) is 7.19. The van der Waals surface area contributed by atoms with Gasteiger partial charge in [-0.05, 0) is 6.92 Å². The average Bonchev–Trinajstić information content (AvgIpc) is 2.35. The number of rotatable bonds is 12. The molecule has 0 aromatic rings. The van der Waals surface area contributed by atoms with E-state index in [4.69, 9.17) is 18.9 Å². The number of hydrogen-bond acceptors (Lipinski definition) is 5. The molecule has 0 N–H and O–H groups in total. The van der Waals surface area contributed by atoms with Crippen molar-refractivity contribution in [3.8, 4) is 0 Å². The second-order valence-corrected chi connectivity index (χ2v) is 3.79. The molecule has 5 nitrogen and oxygen atoms in total. The summed E-state index contributed by atoms with van der Waals surface area (Å²) in [5.41, 5.74) is 0. The van der Waals surface area contributed by atoms with Crippen LogP contribution in [-0.4, -0.2) is 78.4 Å². The number of methoxy groups -OCH3 is 3. The fourth-order valence-electron chi connectivity index (χ4n) is 1.60. The van der Waals surface area contributed by atoms with Crippen LogP contribution in [0.15, 0.2) is 0 Å². The highest BCUT2D eigenvalue weighted by atomic mass is 16.5. The molecule has 0 fully saturated rings. The van der Waals surface area contributed by atoms with Gasteiger partial charge in [0.2, 0.25) is 0 Å². The molecule has 0 aliphatic carbocycles.